The third-order valence-corrected chi connectivity index (χ3v) is 0.624. The second-order valence-corrected chi connectivity index (χ2v) is 1.23. The van der Waals surface area contributed by atoms with Gasteiger partial charge in [0.25, 0.3) is 0 Å². The molecule has 0 aliphatic carbocycles. The quantitative estimate of drug-likeness (QED) is 0.242. The van der Waals surface area contributed by atoms with Gasteiger partial charge in [0.1, 0.15) is 0 Å². The lowest BCUT2D eigenvalue weighted by Crippen LogP contribution is -2.05. The van der Waals surface area contributed by atoms with E-state index in [0.29, 0.717) is 0 Å². The highest BCUT2D eigenvalue weighted by atomic mass is 16.6. The lowest BCUT2D eigenvalue weighted by Gasteiger charge is -1.85. The van der Waals surface area contributed by atoms with Gasteiger partial charge in [-0.25, -0.2) is 0 Å². The van der Waals surface area contributed by atoms with Gasteiger partial charge < -0.3 is 5.32 Å². The molecule has 0 aliphatic rings. The average molecular weight is 130 g/mol. The molecule has 0 aromatic rings. The largest absolute Gasteiger partial charge is 0.388 e. The van der Waals surface area contributed by atoms with Gasteiger partial charge in [-0.2, -0.15) is 0 Å². The molecule has 0 aliphatic heterocycles. The summed E-state index contributed by atoms with van der Waals surface area (Å²) < 4.78 is 0. The smallest absolute Gasteiger partial charge is 0.324 e. The molecule has 0 spiro atoms. The lowest BCUT2D eigenvalue weighted by atomic mass is 10.5. The van der Waals surface area contributed by atoms with Crippen molar-refractivity contribution < 1.29 is 9.72 Å². The average Bonchev–Trinajstić information content (AvgIpc) is 1.82. The topological polar surface area (TPSA) is 72.2 Å². The molecule has 0 rings (SSSR count). The van der Waals surface area contributed by atoms with Crippen molar-refractivity contribution in [3.63, 3.8) is 0 Å². The number of hydrogen-bond acceptors (Lipinski definition) is 4. The highest BCUT2D eigenvalue weighted by molar-refractivity contribution is 5.69. The molecule has 0 atom stereocenters. The molecule has 0 bridgehead atoms. The molecule has 0 aromatic heterocycles. The highest BCUT2D eigenvalue weighted by Gasteiger charge is 2.05. The lowest BCUT2D eigenvalue weighted by molar-refractivity contribution is -0.417. The Labute approximate surface area is 51.5 Å². The maximum Gasteiger partial charge on any atom is 0.324 e. The molecule has 1 N–H and O–H groups in total. The molecule has 0 heterocycles. The number of carbonyl (C=O) groups is 1. The van der Waals surface area contributed by atoms with E-state index < -0.39 is 10.6 Å². The van der Waals surface area contributed by atoms with Crippen LogP contribution in [-0.4, -0.2) is 18.3 Å². The van der Waals surface area contributed by atoms with Gasteiger partial charge in [-0.05, 0) is 0 Å². The van der Waals surface area contributed by atoms with Crippen molar-refractivity contribution in [1.82, 2.24) is 5.32 Å². The molecular weight excluding hydrogens is 124 g/mol. The van der Waals surface area contributed by atoms with Crippen LogP contribution >= 0.6 is 0 Å². The summed E-state index contributed by atoms with van der Waals surface area (Å²) in [5.74, 6) is 0. The normalized spacial score (nSPS) is 10.6. The third kappa shape index (κ3) is 2.43. The van der Waals surface area contributed by atoms with Gasteiger partial charge in [-0.3, -0.25) is 14.9 Å². The summed E-state index contributed by atoms with van der Waals surface area (Å²) in [6.07, 6.45) is 1.20. The van der Waals surface area contributed by atoms with Crippen LogP contribution in [0.15, 0.2) is 11.9 Å². The van der Waals surface area contributed by atoms with Gasteiger partial charge in [0.05, 0.1) is 11.1 Å². The molecule has 0 saturated carbocycles. The predicted molar refractivity (Wildman–Crippen MR) is 30.2 cm³/mol. The Bertz CT molecular complexity index is 152. The number of nitro groups is 1. The first-order valence-corrected chi connectivity index (χ1v) is 2.19. The van der Waals surface area contributed by atoms with Crippen LogP contribution in [0.2, 0.25) is 0 Å². The summed E-state index contributed by atoms with van der Waals surface area (Å²) in [6.45, 7) is 0. The zero-order chi connectivity index (χ0) is 7.28. The van der Waals surface area contributed by atoms with E-state index in [4.69, 9.17) is 0 Å². The van der Waals surface area contributed by atoms with Crippen molar-refractivity contribution in [2.75, 3.05) is 7.05 Å². The van der Waals surface area contributed by atoms with Crippen molar-refractivity contribution in [2.45, 2.75) is 0 Å². The SMILES string of the molecule is CN/C=C(\C=O)[N+](=O)[O-]. The Balaban J connectivity index is 4.14. The standard InChI is InChI=1S/C4H6N2O3/c1-5-2-4(3-7)6(8)9/h2-3,5H,1H3/b4-2+. The Morgan fingerprint density at radius 1 is 1.78 bits per heavy atom. The van der Waals surface area contributed by atoms with E-state index in [1.54, 1.807) is 0 Å². The van der Waals surface area contributed by atoms with Gasteiger partial charge in [-0.1, -0.05) is 0 Å². The molecule has 0 amide bonds. The van der Waals surface area contributed by atoms with E-state index >= 15 is 0 Å². The van der Waals surface area contributed by atoms with Crippen molar-refractivity contribution in [1.29, 1.82) is 0 Å². The fraction of sp³-hybridized carbons (Fsp3) is 0.250. The first-order valence-electron chi connectivity index (χ1n) is 2.19. The van der Waals surface area contributed by atoms with Crippen LogP contribution in [0.1, 0.15) is 0 Å². The van der Waals surface area contributed by atoms with Crippen LogP contribution in [-0.2, 0) is 4.79 Å². The molecule has 0 aromatic carbocycles. The van der Waals surface area contributed by atoms with Crippen molar-refractivity contribution in [3.05, 3.63) is 22.0 Å². The molecule has 5 heteroatoms. The van der Waals surface area contributed by atoms with Gasteiger partial charge in [0.15, 0.2) is 0 Å². The molecule has 50 valence electrons. The van der Waals surface area contributed by atoms with Crippen molar-refractivity contribution >= 4 is 6.29 Å². The molecular formula is C4H6N2O3. The van der Waals surface area contributed by atoms with Crippen molar-refractivity contribution in [2.24, 2.45) is 0 Å². The van der Waals surface area contributed by atoms with E-state index in [-0.39, 0.29) is 6.29 Å². The second-order valence-electron chi connectivity index (χ2n) is 1.23. The number of carbonyl (C=O) groups excluding carboxylic acids is 1. The number of allylic oxidation sites excluding steroid dienone is 1. The fourth-order valence-corrected chi connectivity index (χ4v) is 0.278. The van der Waals surface area contributed by atoms with Crippen LogP contribution in [0, 0.1) is 10.1 Å². The number of nitrogens with zero attached hydrogens (tertiary/aromatic N) is 1. The fourth-order valence-electron chi connectivity index (χ4n) is 0.278. The first-order chi connectivity index (χ1) is 4.22. The monoisotopic (exact) mass is 130 g/mol. The summed E-state index contributed by atoms with van der Waals surface area (Å²) in [6, 6.07) is 0. The molecule has 0 unspecified atom stereocenters. The Morgan fingerprint density at radius 3 is 2.44 bits per heavy atom. The van der Waals surface area contributed by atoms with E-state index in [2.05, 4.69) is 5.32 Å². The summed E-state index contributed by atoms with van der Waals surface area (Å²) >= 11 is 0. The summed E-state index contributed by atoms with van der Waals surface area (Å²) in [5, 5.41) is 12.2. The molecule has 0 radical (unpaired) electrons. The van der Waals surface area contributed by atoms with Gasteiger partial charge in [-0.15, -0.1) is 0 Å². The van der Waals surface area contributed by atoms with Crippen LogP contribution in [0.4, 0.5) is 0 Å². The highest BCUT2D eigenvalue weighted by Crippen LogP contribution is 1.85. The minimum atomic E-state index is -0.760. The molecule has 0 saturated heterocycles. The zero-order valence-corrected chi connectivity index (χ0v) is 4.83. The molecule has 9 heavy (non-hydrogen) atoms. The van der Waals surface area contributed by atoms with E-state index in [1.165, 1.54) is 7.05 Å². The van der Waals surface area contributed by atoms with E-state index in [9.17, 15) is 14.9 Å². The summed E-state index contributed by atoms with van der Waals surface area (Å²) in [7, 11) is 1.48. The summed E-state index contributed by atoms with van der Waals surface area (Å²) in [5.41, 5.74) is -0.475. The number of hydrogen-bond donors (Lipinski definition) is 1. The Morgan fingerprint density at radius 2 is 2.33 bits per heavy atom. The van der Waals surface area contributed by atoms with Crippen LogP contribution in [0.3, 0.4) is 0 Å². The third-order valence-electron chi connectivity index (χ3n) is 0.624. The van der Waals surface area contributed by atoms with Crippen LogP contribution in [0.25, 0.3) is 0 Å². The van der Waals surface area contributed by atoms with E-state index in [1.807, 2.05) is 0 Å². The number of aldehydes is 1. The summed E-state index contributed by atoms with van der Waals surface area (Å²) in [4.78, 5) is 18.8. The Kier molecular flexibility index (Phi) is 3.04. The predicted octanol–water partition coefficient (Wildman–Crippen LogP) is -0.477. The minimum absolute atomic E-state index is 0.177. The maximum absolute atomic E-state index is 9.79. The molecule has 5 nitrogen and oxygen atoms in total. The number of rotatable bonds is 3. The van der Waals surface area contributed by atoms with E-state index in [0.717, 1.165) is 6.20 Å². The van der Waals surface area contributed by atoms with Gasteiger partial charge >= 0.3 is 5.70 Å². The minimum Gasteiger partial charge on any atom is -0.388 e. The second kappa shape index (κ2) is 3.59. The van der Waals surface area contributed by atoms with Crippen LogP contribution < -0.4 is 5.32 Å². The maximum atomic E-state index is 9.79. The Hall–Kier alpha value is -1.39. The van der Waals surface area contributed by atoms with Gasteiger partial charge in [0.2, 0.25) is 6.29 Å². The van der Waals surface area contributed by atoms with Crippen molar-refractivity contribution in [3.8, 4) is 0 Å². The van der Waals surface area contributed by atoms with Crippen LogP contribution in [0.5, 0.6) is 0 Å². The zero-order valence-electron chi connectivity index (χ0n) is 4.83. The first kappa shape index (κ1) is 7.61. The van der Waals surface area contributed by atoms with Gasteiger partial charge in [0, 0.05) is 7.05 Å². The molecule has 0 fully saturated rings. The number of nitrogens with one attached hydrogen (secondary N) is 1.